The number of fused-ring (bicyclic) bond motifs is 1. The zero-order valence-corrected chi connectivity index (χ0v) is 21.5. The summed E-state index contributed by atoms with van der Waals surface area (Å²) in [5.41, 5.74) is -2.44. The van der Waals surface area contributed by atoms with Crippen LogP contribution in [0.15, 0.2) is 40.0 Å². The van der Waals surface area contributed by atoms with Crippen LogP contribution in [-0.4, -0.2) is 65.6 Å². The Kier molecular flexibility index (Phi) is 6.55. The molecule has 0 bridgehead atoms. The van der Waals surface area contributed by atoms with Gasteiger partial charge < -0.3 is 25.0 Å². The van der Waals surface area contributed by atoms with Crippen LogP contribution in [0.5, 0.6) is 5.75 Å². The summed E-state index contributed by atoms with van der Waals surface area (Å²) >= 11 is 0. The van der Waals surface area contributed by atoms with Gasteiger partial charge in [0.1, 0.15) is 11.5 Å². The SMILES string of the molecule is CC(=O)Nc1ccc(S(=O)(=O)N2CCN(c3c(F)cc4c(=O)c(O)c(C(=O)O)n(C5CC5)c4c3F)CC2)cc1. The number of nitrogens with one attached hydrogen (secondary N) is 1. The van der Waals surface area contributed by atoms with Crippen LogP contribution in [-0.2, 0) is 14.8 Å². The van der Waals surface area contributed by atoms with Gasteiger partial charge >= 0.3 is 5.97 Å². The molecule has 39 heavy (non-hydrogen) atoms. The fourth-order valence-corrected chi connectivity index (χ4v) is 6.30. The van der Waals surface area contributed by atoms with Gasteiger partial charge in [0.2, 0.25) is 21.4 Å². The second kappa shape index (κ2) is 9.61. The van der Waals surface area contributed by atoms with E-state index in [0.717, 1.165) is 10.6 Å². The lowest BCUT2D eigenvalue weighted by Crippen LogP contribution is -2.49. The molecule has 0 atom stereocenters. The maximum Gasteiger partial charge on any atom is 0.356 e. The van der Waals surface area contributed by atoms with Gasteiger partial charge in [0.25, 0.3) is 0 Å². The minimum absolute atomic E-state index is 0.0115. The lowest BCUT2D eigenvalue weighted by molar-refractivity contribution is -0.114. The van der Waals surface area contributed by atoms with Crippen LogP contribution in [0.4, 0.5) is 20.2 Å². The number of hydrogen-bond acceptors (Lipinski definition) is 7. The first-order valence-electron chi connectivity index (χ1n) is 12.1. The molecule has 2 heterocycles. The van der Waals surface area contributed by atoms with E-state index in [1.54, 1.807) is 0 Å². The van der Waals surface area contributed by atoms with Crippen LogP contribution in [0, 0.1) is 11.6 Å². The largest absolute Gasteiger partial charge is 0.502 e. The second-order valence-electron chi connectivity index (χ2n) is 9.45. The topological polar surface area (TPSA) is 149 Å². The Bertz CT molecular complexity index is 1680. The molecular weight excluding hydrogens is 538 g/mol. The molecule has 3 aromatic rings. The molecule has 206 valence electrons. The molecule has 0 unspecified atom stereocenters. The van der Waals surface area contributed by atoms with Gasteiger partial charge in [-0.1, -0.05) is 0 Å². The molecule has 0 radical (unpaired) electrons. The van der Waals surface area contributed by atoms with Gasteiger partial charge in [-0.05, 0) is 43.2 Å². The van der Waals surface area contributed by atoms with E-state index < -0.39 is 67.1 Å². The van der Waals surface area contributed by atoms with Crippen molar-refractivity contribution in [3.05, 3.63) is 57.9 Å². The number of carboxylic acid groups (broad SMARTS) is 1. The first-order chi connectivity index (χ1) is 18.4. The van der Waals surface area contributed by atoms with Gasteiger partial charge in [0.05, 0.1) is 15.8 Å². The molecule has 11 nitrogen and oxygen atoms in total. The van der Waals surface area contributed by atoms with Crippen LogP contribution >= 0.6 is 0 Å². The third kappa shape index (κ3) is 4.59. The number of amides is 1. The number of anilines is 2. The molecule has 1 saturated heterocycles. The van der Waals surface area contributed by atoms with Crippen LogP contribution < -0.4 is 15.6 Å². The maximum absolute atomic E-state index is 16.0. The molecule has 0 spiro atoms. The van der Waals surface area contributed by atoms with Gasteiger partial charge in [-0.3, -0.25) is 9.59 Å². The van der Waals surface area contributed by atoms with Crippen LogP contribution in [0.3, 0.4) is 0 Å². The summed E-state index contributed by atoms with van der Waals surface area (Å²) in [6.45, 7) is 0.960. The number of carbonyl (C=O) groups is 2. The number of rotatable bonds is 6. The number of aromatic carboxylic acids is 1. The van der Waals surface area contributed by atoms with Crippen LogP contribution in [0.25, 0.3) is 10.9 Å². The highest BCUT2D eigenvalue weighted by Crippen LogP contribution is 2.42. The average Bonchev–Trinajstić information content (AvgIpc) is 3.72. The molecule has 1 aliphatic heterocycles. The number of nitrogens with zero attached hydrogens (tertiary/aromatic N) is 3. The summed E-state index contributed by atoms with van der Waals surface area (Å²) in [6, 6.07) is 5.90. The Labute approximate surface area is 220 Å². The normalized spacial score (nSPS) is 16.4. The van der Waals surface area contributed by atoms with Crippen molar-refractivity contribution in [3.63, 3.8) is 0 Å². The molecule has 1 aliphatic carbocycles. The van der Waals surface area contributed by atoms with Crippen molar-refractivity contribution in [2.45, 2.75) is 30.7 Å². The lowest BCUT2D eigenvalue weighted by atomic mass is 10.1. The van der Waals surface area contributed by atoms with Gasteiger partial charge in [-0.15, -0.1) is 0 Å². The third-order valence-electron chi connectivity index (χ3n) is 6.82. The van der Waals surface area contributed by atoms with Crippen molar-refractivity contribution in [1.82, 2.24) is 8.87 Å². The van der Waals surface area contributed by atoms with Crippen LogP contribution in [0.1, 0.15) is 36.3 Å². The van der Waals surface area contributed by atoms with E-state index in [-0.39, 0.29) is 37.0 Å². The summed E-state index contributed by atoms with van der Waals surface area (Å²) < 4.78 is 59.6. The average molecular weight is 563 g/mol. The number of aromatic nitrogens is 1. The molecule has 2 aliphatic rings. The molecule has 14 heteroatoms. The molecule has 1 amide bonds. The molecule has 1 aromatic heterocycles. The number of benzene rings is 2. The van der Waals surface area contributed by atoms with E-state index in [0.29, 0.717) is 18.5 Å². The number of aromatic hydroxyl groups is 1. The van der Waals surface area contributed by atoms with Gasteiger partial charge in [-0.2, -0.15) is 4.31 Å². The number of carbonyl (C=O) groups excluding carboxylic acids is 1. The molecule has 1 saturated carbocycles. The van der Waals surface area contributed by atoms with Gasteiger partial charge in [-0.25, -0.2) is 22.0 Å². The highest BCUT2D eigenvalue weighted by atomic mass is 32.2. The van der Waals surface area contributed by atoms with E-state index in [9.17, 15) is 33.0 Å². The number of carboxylic acids is 1. The molecule has 3 N–H and O–H groups in total. The summed E-state index contributed by atoms with van der Waals surface area (Å²) in [4.78, 5) is 37.0. The quantitative estimate of drug-likeness (QED) is 0.415. The third-order valence-corrected chi connectivity index (χ3v) is 8.73. The van der Waals surface area contributed by atoms with Crippen molar-refractivity contribution in [2.75, 3.05) is 36.4 Å². The summed E-state index contributed by atoms with van der Waals surface area (Å²) in [7, 11) is -3.94. The zero-order valence-electron chi connectivity index (χ0n) is 20.6. The van der Waals surface area contributed by atoms with Crippen molar-refractivity contribution in [2.24, 2.45) is 0 Å². The highest BCUT2D eigenvalue weighted by Gasteiger charge is 2.36. The summed E-state index contributed by atoms with van der Waals surface area (Å²) in [5, 5.41) is 21.9. The molecular formula is C25H24F2N4O7S. The number of sulfonamides is 1. The van der Waals surface area contributed by atoms with Crippen molar-refractivity contribution < 1.29 is 37.0 Å². The molecule has 2 aromatic carbocycles. The number of halogens is 2. The predicted molar refractivity (Wildman–Crippen MR) is 137 cm³/mol. The van der Waals surface area contributed by atoms with Crippen molar-refractivity contribution in [3.8, 4) is 5.75 Å². The highest BCUT2D eigenvalue weighted by molar-refractivity contribution is 7.89. The Morgan fingerprint density at radius 2 is 1.67 bits per heavy atom. The van der Waals surface area contributed by atoms with Gasteiger partial charge in [0.15, 0.2) is 17.3 Å². The minimum atomic E-state index is -3.94. The van der Waals surface area contributed by atoms with Crippen LogP contribution in [0.2, 0.25) is 0 Å². The van der Waals surface area contributed by atoms with E-state index in [1.807, 2.05) is 0 Å². The smallest absolute Gasteiger partial charge is 0.356 e. The fourth-order valence-electron chi connectivity index (χ4n) is 4.87. The fraction of sp³-hybridized carbons (Fsp3) is 0.320. The maximum atomic E-state index is 16.0. The van der Waals surface area contributed by atoms with E-state index in [4.69, 9.17) is 0 Å². The first kappa shape index (κ1) is 26.6. The zero-order chi connectivity index (χ0) is 28.2. The predicted octanol–water partition coefficient (Wildman–Crippen LogP) is 2.49. The Hall–Kier alpha value is -4.04. The molecule has 2 fully saturated rings. The number of pyridine rings is 1. The first-order valence-corrected chi connectivity index (χ1v) is 13.5. The second-order valence-corrected chi connectivity index (χ2v) is 11.4. The molecule has 5 rings (SSSR count). The Balaban J connectivity index is 1.47. The monoisotopic (exact) mass is 562 g/mol. The lowest BCUT2D eigenvalue weighted by Gasteiger charge is -2.36. The minimum Gasteiger partial charge on any atom is -0.502 e. The standard InChI is InChI=1S/C25H24F2N4O7S/c1-13(32)28-14-2-6-16(7-3-14)39(37,38)30-10-8-29(9-11-30)21-18(26)12-17-20(19(21)27)31(15-4-5-15)22(25(35)36)24(34)23(17)33/h2-3,6-7,12,15,34H,4-5,8-11H2,1H3,(H,28,32)(H,35,36). The van der Waals surface area contributed by atoms with Crippen molar-refractivity contribution in [1.29, 1.82) is 0 Å². The summed E-state index contributed by atoms with van der Waals surface area (Å²) in [6.07, 6.45) is 0.984. The van der Waals surface area contributed by atoms with E-state index >= 15 is 8.78 Å². The number of piperazine rings is 1. The van der Waals surface area contributed by atoms with E-state index in [2.05, 4.69) is 5.32 Å². The Morgan fingerprint density at radius 1 is 1.05 bits per heavy atom. The van der Waals surface area contributed by atoms with Crippen molar-refractivity contribution >= 4 is 44.2 Å². The van der Waals surface area contributed by atoms with E-state index in [1.165, 1.54) is 40.4 Å². The Morgan fingerprint density at radius 3 is 2.21 bits per heavy atom. The van der Waals surface area contributed by atoms with Gasteiger partial charge in [0, 0.05) is 44.8 Å². The summed E-state index contributed by atoms with van der Waals surface area (Å²) in [5.74, 6) is -5.25. The number of hydrogen-bond donors (Lipinski definition) is 3.